The summed E-state index contributed by atoms with van der Waals surface area (Å²) in [5, 5.41) is 10.5. The van der Waals surface area contributed by atoms with Crippen LogP contribution in [0.4, 0.5) is 14.5 Å². The van der Waals surface area contributed by atoms with Gasteiger partial charge in [0.05, 0.1) is 0 Å². The van der Waals surface area contributed by atoms with Crippen LogP contribution in [0, 0.1) is 11.6 Å². The minimum Gasteiger partial charge on any atom is -0.324 e. The van der Waals surface area contributed by atoms with Gasteiger partial charge in [-0.1, -0.05) is 0 Å². The first kappa shape index (κ1) is 16.5. The van der Waals surface area contributed by atoms with Crippen molar-refractivity contribution < 1.29 is 13.6 Å². The van der Waals surface area contributed by atoms with Crippen molar-refractivity contribution in [2.24, 2.45) is 0 Å². The summed E-state index contributed by atoms with van der Waals surface area (Å²) >= 11 is 0. The predicted molar refractivity (Wildman–Crippen MR) is 85.3 cm³/mol. The number of rotatable bonds is 4. The molecule has 0 fully saturated rings. The lowest BCUT2D eigenvalue weighted by molar-refractivity contribution is -0.119. The highest BCUT2D eigenvalue weighted by molar-refractivity contribution is 5.93. The normalized spacial score (nSPS) is 12.0. The molecule has 0 spiro atoms. The van der Waals surface area contributed by atoms with E-state index < -0.39 is 29.1 Å². The van der Waals surface area contributed by atoms with Crippen LogP contribution in [0.25, 0.3) is 5.82 Å². The number of carbonyl (C=O) groups is 1. The zero-order valence-corrected chi connectivity index (χ0v) is 13.1. The number of anilines is 1. The van der Waals surface area contributed by atoms with Gasteiger partial charge in [-0.3, -0.25) is 9.59 Å². The number of hydrogen-bond donors (Lipinski definition) is 1. The van der Waals surface area contributed by atoms with E-state index in [0.29, 0.717) is 5.82 Å². The van der Waals surface area contributed by atoms with E-state index in [1.54, 1.807) is 18.5 Å². The van der Waals surface area contributed by atoms with Crippen LogP contribution < -0.4 is 10.9 Å². The smallest absolute Gasteiger partial charge is 0.267 e. The van der Waals surface area contributed by atoms with Gasteiger partial charge in [-0.15, -0.1) is 5.10 Å². The first-order valence-electron chi connectivity index (χ1n) is 7.31. The Morgan fingerprint density at radius 3 is 2.68 bits per heavy atom. The average Bonchev–Trinajstić information content (AvgIpc) is 3.12. The lowest BCUT2D eigenvalue weighted by atomic mass is 10.2. The van der Waals surface area contributed by atoms with Crippen molar-refractivity contribution in [2.45, 2.75) is 13.0 Å². The molecule has 7 nitrogen and oxygen atoms in total. The van der Waals surface area contributed by atoms with Gasteiger partial charge < -0.3 is 5.32 Å². The van der Waals surface area contributed by atoms with E-state index in [2.05, 4.69) is 15.5 Å². The van der Waals surface area contributed by atoms with Gasteiger partial charge in [-0.2, -0.15) is 5.10 Å². The predicted octanol–water partition coefficient (Wildman–Crippen LogP) is 1.91. The molecule has 0 aliphatic rings. The summed E-state index contributed by atoms with van der Waals surface area (Å²) in [5.41, 5.74) is -0.407. The van der Waals surface area contributed by atoms with Crippen LogP contribution in [-0.4, -0.2) is 25.5 Å². The fourth-order valence-electron chi connectivity index (χ4n) is 2.15. The minimum absolute atomic E-state index is 0.0760. The van der Waals surface area contributed by atoms with Gasteiger partial charge in [0.25, 0.3) is 5.56 Å². The summed E-state index contributed by atoms with van der Waals surface area (Å²) in [6.45, 7) is 1.47. The quantitative estimate of drug-likeness (QED) is 0.783. The van der Waals surface area contributed by atoms with Gasteiger partial charge in [0.1, 0.15) is 6.04 Å². The fraction of sp³-hybridized carbons (Fsp3) is 0.125. The Morgan fingerprint density at radius 2 is 2.00 bits per heavy atom. The number of halogens is 2. The van der Waals surface area contributed by atoms with E-state index in [-0.39, 0.29) is 5.69 Å². The van der Waals surface area contributed by atoms with Crippen molar-refractivity contribution in [3.63, 3.8) is 0 Å². The molecule has 1 unspecified atom stereocenters. The second kappa shape index (κ2) is 6.63. The van der Waals surface area contributed by atoms with Gasteiger partial charge in [0.15, 0.2) is 17.5 Å². The van der Waals surface area contributed by atoms with Crippen LogP contribution >= 0.6 is 0 Å². The van der Waals surface area contributed by atoms with Crippen molar-refractivity contribution in [3.05, 3.63) is 70.8 Å². The third-order valence-corrected chi connectivity index (χ3v) is 3.48. The molecule has 2 heterocycles. The summed E-state index contributed by atoms with van der Waals surface area (Å²) in [7, 11) is 0. The summed E-state index contributed by atoms with van der Waals surface area (Å²) in [6, 6.07) is 6.44. The first-order chi connectivity index (χ1) is 12.0. The number of nitrogens with zero attached hydrogens (tertiary/aromatic N) is 4. The van der Waals surface area contributed by atoms with Crippen LogP contribution in [0.2, 0.25) is 0 Å². The molecule has 0 aliphatic carbocycles. The van der Waals surface area contributed by atoms with Crippen LogP contribution in [0.3, 0.4) is 0 Å². The standard InChI is InChI=1S/C16H13F2N5O2/c1-10(16(25)20-11-3-4-12(17)13(18)9-11)23-15(24)6-5-14(21-23)22-8-2-7-19-22/h2-10H,1H3,(H,20,25). The van der Waals surface area contributed by atoms with Gasteiger partial charge in [0.2, 0.25) is 5.91 Å². The van der Waals surface area contributed by atoms with E-state index in [4.69, 9.17) is 0 Å². The van der Waals surface area contributed by atoms with E-state index in [1.807, 2.05) is 0 Å². The lowest BCUT2D eigenvalue weighted by Gasteiger charge is -2.15. The Morgan fingerprint density at radius 1 is 1.20 bits per heavy atom. The van der Waals surface area contributed by atoms with E-state index in [9.17, 15) is 18.4 Å². The van der Waals surface area contributed by atoms with Crippen molar-refractivity contribution in [2.75, 3.05) is 5.32 Å². The molecule has 9 heteroatoms. The highest BCUT2D eigenvalue weighted by atomic mass is 19.2. The van der Waals surface area contributed by atoms with E-state index in [1.165, 1.54) is 29.8 Å². The Labute approximate surface area is 140 Å². The van der Waals surface area contributed by atoms with Crippen molar-refractivity contribution in [3.8, 4) is 5.82 Å². The van der Waals surface area contributed by atoms with Gasteiger partial charge >= 0.3 is 0 Å². The third-order valence-electron chi connectivity index (χ3n) is 3.48. The number of amides is 1. The highest BCUT2D eigenvalue weighted by Gasteiger charge is 2.19. The van der Waals surface area contributed by atoms with E-state index >= 15 is 0 Å². The lowest BCUT2D eigenvalue weighted by Crippen LogP contribution is -2.33. The van der Waals surface area contributed by atoms with Crippen LogP contribution in [0.5, 0.6) is 0 Å². The van der Waals surface area contributed by atoms with Crippen LogP contribution in [0.15, 0.2) is 53.6 Å². The molecule has 1 atom stereocenters. The maximum absolute atomic E-state index is 13.2. The van der Waals surface area contributed by atoms with Crippen molar-refractivity contribution in [1.29, 1.82) is 0 Å². The first-order valence-corrected chi connectivity index (χ1v) is 7.31. The molecular weight excluding hydrogens is 332 g/mol. The Balaban J connectivity index is 1.85. The molecule has 3 rings (SSSR count). The number of benzene rings is 1. The topological polar surface area (TPSA) is 81.8 Å². The SMILES string of the molecule is CC(C(=O)Nc1ccc(F)c(F)c1)n1nc(-n2cccn2)ccc1=O. The summed E-state index contributed by atoms with van der Waals surface area (Å²) in [5.74, 6) is -2.34. The molecule has 1 N–H and O–H groups in total. The van der Waals surface area contributed by atoms with Gasteiger partial charge in [0, 0.05) is 30.2 Å². The maximum Gasteiger partial charge on any atom is 0.267 e. The molecule has 3 aromatic rings. The highest BCUT2D eigenvalue weighted by Crippen LogP contribution is 2.15. The van der Waals surface area contributed by atoms with Crippen molar-refractivity contribution >= 4 is 11.6 Å². The van der Waals surface area contributed by atoms with Crippen LogP contribution in [0.1, 0.15) is 13.0 Å². The van der Waals surface area contributed by atoms with E-state index in [0.717, 1.165) is 16.8 Å². The minimum atomic E-state index is -1.08. The molecule has 1 amide bonds. The molecule has 0 saturated carbocycles. The number of carbonyl (C=O) groups excluding carboxylic acids is 1. The Hall–Kier alpha value is -3.36. The molecule has 0 bridgehead atoms. The van der Waals surface area contributed by atoms with Gasteiger partial charge in [-0.05, 0) is 31.2 Å². The number of aromatic nitrogens is 4. The molecule has 128 valence electrons. The molecule has 0 radical (unpaired) electrons. The zero-order chi connectivity index (χ0) is 18.0. The maximum atomic E-state index is 13.2. The molecule has 0 aliphatic heterocycles. The fourth-order valence-corrected chi connectivity index (χ4v) is 2.15. The molecule has 0 saturated heterocycles. The number of hydrogen-bond acceptors (Lipinski definition) is 4. The van der Waals surface area contributed by atoms with Crippen LogP contribution in [-0.2, 0) is 4.79 Å². The van der Waals surface area contributed by atoms with Crippen molar-refractivity contribution in [1.82, 2.24) is 19.6 Å². The van der Waals surface area contributed by atoms with Gasteiger partial charge in [-0.25, -0.2) is 18.1 Å². The third kappa shape index (κ3) is 3.44. The molecular formula is C16H13F2N5O2. The second-order valence-corrected chi connectivity index (χ2v) is 5.22. The summed E-state index contributed by atoms with van der Waals surface area (Å²) in [6.07, 6.45) is 3.19. The number of nitrogens with one attached hydrogen (secondary N) is 1. The largest absolute Gasteiger partial charge is 0.324 e. The Bertz CT molecular complexity index is 969. The molecule has 1 aromatic carbocycles. The summed E-state index contributed by atoms with van der Waals surface area (Å²) < 4.78 is 28.6. The zero-order valence-electron chi connectivity index (χ0n) is 13.1. The molecule has 2 aromatic heterocycles. The monoisotopic (exact) mass is 345 g/mol. The average molecular weight is 345 g/mol. The Kier molecular flexibility index (Phi) is 4.38. The second-order valence-electron chi connectivity index (χ2n) is 5.22. The molecule has 25 heavy (non-hydrogen) atoms. The summed E-state index contributed by atoms with van der Waals surface area (Å²) in [4.78, 5) is 24.3.